The first kappa shape index (κ1) is 77.7. The minimum Gasteiger partial charge on any atom is -0.478 e. The van der Waals surface area contributed by atoms with Crippen molar-refractivity contribution in [2.75, 3.05) is 6.54 Å². The van der Waals surface area contributed by atoms with Gasteiger partial charge in [0.05, 0.1) is 79.4 Å². The summed E-state index contributed by atoms with van der Waals surface area (Å²) in [7, 11) is 0. The Balaban J connectivity index is 4.54. The van der Waals surface area contributed by atoms with Crippen molar-refractivity contribution in [2.45, 2.75) is 203 Å². The average Bonchev–Trinajstić information content (AvgIpc) is 3.42. The number of hydrogen-bond acceptors (Lipinski definition) is 17. The highest BCUT2D eigenvalue weighted by Gasteiger charge is 2.29. The van der Waals surface area contributed by atoms with Crippen molar-refractivity contribution in [3.8, 4) is 0 Å². The summed E-state index contributed by atoms with van der Waals surface area (Å²) in [4.78, 5) is 27.4. The molecule has 0 aliphatic rings. The number of carbonyl (C=O) groups is 2. The number of ketones is 1. The first-order chi connectivity index (χ1) is 39.2. The standard InChI is InChI=1S/C63H101N3O17/c1-43(26-19-15-11-10-12-16-20-27-44(2)62(82)83)60(80)46(4)56(76)34-22-18-14-9-7-5-6-8-13-17-21-33-55(75)45(3)57(77)41-53(73)38-49(69)29-23-28-47(67)36-52(72)37-48(68)30-24-31-51(71)40-58(78)61(81)59(79)42-54(74)39-50(70)32-25-35-66-63(64)65/h5-10,12-14,16-24,26-27,29-30,34,43,45-56,58-61,67-76,78-81H,11,15,25,28,31-33,35-42H2,1-4H3,(H,82,83)(H4,64,65,66). The van der Waals surface area contributed by atoms with Crippen molar-refractivity contribution in [1.82, 2.24) is 0 Å². The number of hydrogen-bond donors (Lipinski definition) is 17. The van der Waals surface area contributed by atoms with Gasteiger partial charge in [-0.25, -0.2) is 4.79 Å². The number of guanidine groups is 1. The van der Waals surface area contributed by atoms with Crippen molar-refractivity contribution in [2.24, 2.45) is 34.2 Å². The number of aliphatic hydroxyl groups is 14. The number of carbonyl (C=O) groups excluding carboxylic acids is 1. The fourth-order valence-corrected chi connectivity index (χ4v) is 8.15. The summed E-state index contributed by atoms with van der Waals surface area (Å²) < 4.78 is 0. The first-order valence-corrected chi connectivity index (χ1v) is 28.6. The van der Waals surface area contributed by atoms with Gasteiger partial charge in [-0.1, -0.05) is 161 Å². The third-order valence-electron chi connectivity index (χ3n) is 13.4. The highest BCUT2D eigenvalue weighted by molar-refractivity contribution is 5.86. The van der Waals surface area contributed by atoms with Gasteiger partial charge in [0.15, 0.2) is 5.96 Å². The van der Waals surface area contributed by atoms with Crippen molar-refractivity contribution < 1.29 is 86.2 Å². The molecule has 0 aliphatic carbocycles. The molecule has 0 saturated heterocycles. The maximum atomic E-state index is 12.8. The quantitative estimate of drug-likeness (QED) is 0.0104. The van der Waals surface area contributed by atoms with Crippen molar-refractivity contribution in [1.29, 1.82) is 0 Å². The molecule has 0 aromatic rings. The van der Waals surface area contributed by atoms with E-state index in [-0.39, 0.29) is 87.4 Å². The van der Waals surface area contributed by atoms with Crippen LogP contribution in [-0.4, -0.2) is 186 Å². The molecule has 17 atom stereocenters. The zero-order valence-electron chi connectivity index (χ0n) is 48.8. The first-order valence-electron chi connectivity index (χ1n) is 28.6. The molecule has 0 radical (unpaired) electrons. The summed E-state index contributed by atoms with van der Waals surface area (Å²) in [5.41, 5.74) is 10.8. The smallest absolute Gasteiger partial charge is 0.331 e. The molecule has 83 heavy (non-hydrogen) atoms. The van der Waals surface area contributed by atoms with Crippen LogP contribution in [0.15, 0.2) is 150 Å². The van der Waals surface area contributed by atoms with E-state index >= 15 is 0 Å². The Morgan fingerprint density at radius 3 is 1.53 bits per heavy atom. The molecule has 0 bridgehead atoms. The van der Waals surface area contributed by atoms with Crippen LogP contribution < -0.4 is 11.5 Å². The van der Waals surface area contributed by atoms with Crippen LogP contribution in [0.25, 0.3) is 0 Å². The summed E-state index contributed by atoms with van der Waals surface area (Å²) in [6, 6.07) is 0. The van der Waals surface area contributed by atoms with Crippen LogP contribution in [0, 0.1) is 17.8 Å². The zero-order chi connectivity index (χ0) is 62.7. The Bertz CT molecular complexity index is 2160. The third-order valence-corrected chi connectivity index (χ3v) is 13.4. The predicted molar refractivity (Wildman–Crippen MR) is 324 cm³/mol. The van der Waals surface area contributed by atoms with E-state index in [1.165, 1.54) is 37.3 Å². The summed E-state index contributed by atoms with van der Waals surface area (Å²) in [5.74, 6) is -2.74. The van der Waals surface area contributed by atoms with E-state index in [4.69, 9.17) is 16.6 Å². The Labute approximate surface area is 491 Å². The lowest BCUT2D eigenvalue weighted by atomic mass is 9.88. The molecule has 470 valence electrons. The lowest BCUT2D eigenvalue weighted by Crippen LogP contribution is -2.41. The average molecular weight is 1170 g/mol. The van der Waals surface area contributed by atoms with Crippen LogP contribution in [0.4, 0.5) is 0 Å². The Hall–Kier alpha value is -5.27. The fourth-order valence-electron chi connectivity index (χ4n) is 8.15. The van der Waals surface area contributed by atoms with E-state index in [1.807, 2.05) is 49.5 Å². The number of nitrogens with two attached hydrogens (primary N) is 2. The number of carboxylic acid groups (broad SMARTS) is 1. The lowest BCUT2D eigenvalue weighted by Gasteiger charge is -2.26. The van der Waals surface area contributed by atoms with E-state index < -0.39 is 103 Å². The molecule has 19 N–H and O–H groups in total. The van der Waals surface area contributed by atoms with E-state index in [9.17, 15) is 81.1 Å². The van der Waals surface area contributed by atoms with Gasteiger partial charge in [0.2, 0.25) is 0 Å². The molecule has 0 rings (SSSR count). The monoisotopic (exact) mass is 1170 g/mol. The predicted octanol–water partition coefficient (Wildman–Crippen LogP) is 3.40. The Kier molecular flexibility index (Phi) is 44.0. The number of aliphatic hydroxyl groups excluding tert-OH is 14. The topological polar surface area (TPSA) is 402 Å². The van der Waals surface area contributed by atoms with Gasteiger partial charge in [-0.2, -0.15) is 0 Å². The summed E-state index contributed by atoms with van der Waals surface area (Å²) in [6.45, 7) is 7.08. The zero-order valence-corrected chi connectivity index (χ0v) is 48.8. The van der Waals surface area contributed by atoms with Crippen LogP contribution in [0.5, 0.6) is 0 Å². The summed E-state index contributed by atoms with van der Waals surface area (Å²) in [5, 5.41) is 154. The molecule has 20 nitrogen and oxygen atoms in total. The molecule has 0 aromatic carbocycles. The second-order valence-electron chi connectivity index (χ2n) is 21.2. The molecule has 0 aliphatic heterocycles. The molecular formula is C63H101N3O17. The Morgan fingerprint density at radius 2 is 0.952 bits per heavy atom. The molecule has 0 spiro atoms. The number of Topliss-reactive ketones (excluding diaryl/α,β-unsaturated/α-hetero) is 1. The number of unbranched alkanes of at least 4 members (excludes halogenated alkanes) is 1. The second-order valence-corrected chi connectivity index (χ2v) is 21.2. The van der Waals surface area contributed by atoms with Gasteiger partial charge in [0.25, 0.3) is 0 Å². The maximum absolute atomic E-state index is 12.8. The van der Waals surface area contributed by atoms with Gasteiger partial charge >= 0.3 is 5.97 Å². The van der Waals surface area contributed by atoms with Crippen molar-refractivity contribution in [3.05, 3.63) is 145 Å². The minimum atomic E-state index is -1.70. The van der Waals surface area contributed by atoms with Crippen LogP contribution in [0.3, 0.4) is 0 Å². The largest absolute Gasteiger partial charge is 0.478 e. The van der Waals surface area contributed by atoms with E-state index in [0.29, 0.717) is 19.4 Å². The highest BCUT2D eigenvalue weighted by atomic mass is 16.4. The summed E-state index contributed by atoms with van der Waals surface area (Å²) >= 11 is 0. The van der Waals surface area contributed by atoms with Gasteiger partial charge < -0.3 is 88.1 Å². The number of carboxylic acids is 1. The van der Waals surface area contributed by atoms with Crippen LogP contribution in [0.1, 0.15) is 118 Å². The van der Waals surface area contributed by atoms with Crippen molar-refractivity contribution in [3.63, 3.8) is 0 Å². The van der Waals surface area contributed by atoms with E-state index in [2.05, 4.69) is 4.99 Å². The number of aliphatic imine (C=N–C) groups is 1. The highest BCUT2D eigenvalue weighted by Crippen LogP contribution is 2.21. The maximum Gasteiger partial charge on any atom is 0.331 e. The van der Waals surface area contributed by atoms with Gasteiger partial charge in [0.1, 0.15) is 11.9 Å². The SMILES string of the molecule is CC(=CC=CC=CCCC=CC(C)C(O)C(C)C(O)C=CC=CC=CC=CC=CC=CCC(O)C(C)C(=O)CC(O)CC(O)C=CCC(O)CC(O)CC(O)C=CCC(O)CC(O)C(O)C(O)CC(O)CC(O)CCCN=C(N)N)C(=O)O. The van der Waals surface area contributed by atoms with Crippen molar-refractivity contribution >= 4 is 17.7 Å². The van der Waals surface area contributed by atoms with Crippen LogP contribution in [0.2, 0.25) is 0 Å². The Morgan fingerprint density at radius 1 is 0.470 bits per heavy atom. The number of aliphatic carboxylic acids is 1. The molecule has 20 heteroatoms. The molecule has 0 saturated carbocycles. The molecule has 0 aromatic heterocycles. The molecule has 0 amide bonds. The lowest BCUT2D eigenvalue weighted by molar-refractivity contribution is -0.132. The molecular weight excluding hydrogens is 1070 g/mol. The molecule has 0 fully saturated rings. The van der Waals surface area contributed by atoms with Gasteiger partial charge in [-0.3, -0.25) is 9.79 Å². The number of rotatable bonds is 46. The summed E-state index contributed by atoms with van der Waals surface area (Å²) in [6.07, 6.45) is 24.1. The third kappa shape index (κ3) is 41.4. The van der Waals surface area contributed by atoms with Gasteiger partial charge in [0, 0.05) is 62.0 Å². The molecule has 17 unspecified atom stereocenters. The minimum absolute atomic E-state index is 0.0330. The van der Waals surface area contributed by atoms with Gasteiger partial charge in [-0.15, -0.1) is 0 Å². The number of nitrogens with zero attached hydrogens (tertiary/aromatic N) is 1. The van der Waals surface area contributed by atoms with E-state index in [1.54, 1.807) is 80.7 Å². The molecule has 0 heterocycles. The second kappa shape index (κ2) is 47.0. The number of allylic oxidation sites excluding steroid dienone is 16. The van der Waals surface area contributed by atoms with Gasteiger partial charge in [-0.05, 0) is 64.7 Å². The normalized spacial score (nSPS) is 19.6. The van der Waals surface area contributed by atoms with E-state index in [0.717, 1.165) is 12.8 Å². The fraction of sp³-hybridized carbons (Fsp3) is 0.571. The van der Waals surface area contributed by atoms with Crippen LogP contribution >= 0.6 is 0 Å². The van der Waals surface area contributed by atoms with Crippen LogP contribution in [-0.2, 0) is 9.59 Å².